The molecule has 0 bridgehead atoms. The summed E-state index contributed by atoms with van der Waals surface area (Å²) < 4.78 is 29.8. The molecule has 0 atom stereocenters. The first-order chi connectivity index (χ1) is 13.3. The van der Waals surface area contributed by atoms with E-state index in [0.717, 1.165) is 16.7 Å². The third-order valence-corrected chi connectivity index (χ3v) is 5.75. The molecule has 7 nitrogen and oxygen atoms in total. The minimum Gasteiger partial charge on any atom is -0.403 e. The van der Waals surface area contributed by atoms with Gasteiger partial charge in [0.15, 0.2) is 9.84 Å². The molecule has 1 aromatic heterocycles. The summed E-state index contributed by atoms with van der Waals surface area (Å²) in [6, 6.07) is 14.6. The fourth-order valence-electron chi connectivity index (χ4n) is 2.77. The van der Waals surface area contributed by atoms with E-state index in [1.165, 1.54) is 0 Å². The molecule has 3 rings (SSSR count). The second-order valence-electron chi connectivity index (χ2n) is 6.61. The maximum Gasteiger partial charge on any atom is 0.322 e. The number of amides is 1. The number of anilines is 1. The van der Waals surface area contributed by atoms with Gasteiger partial charge in [0.25, 0.3) is 0 Å². The maximum absolute atomic E-state index is 12.2. The molecule has 0 aliphatic carbocycles. The smallest absolute Gasteiger partial charge is 0.322 e. The highest BCUT2D eigenvalue weighted by Crippen LogP contribution is 2.24. The van der Waals surface area contributed by atoms with Crippen molar-refractivity contribution in [2.45, 2.75) is 26.0 Å². The number of nitrogens with zero attached hydrogens (tertiary/aromatic N) is 2. The SMILES string of the molecule is Cc1ccc(-c2nnc(NC(=O)CCS(=O)(=O)Cc3ccccc3)o2)c(C)c1. The molecule has 0 fully saturated rings. The summed E-state index contributed by atoms with van der Waals surface area (Å²) in [7, 11) is -3.40. The van der Waals surface area contributed by atoms with Crippen molar-refractivity contribution >= 4 is 21.8 Å². The number of benzene rings is 2. The van der Waals surface area contributed by atoms with Gasteiger partial charge in [0.2, 0.25) is 11.8 Å². The number of carbonyl (C=O) groups is 1. The summed E-state index contributed by atoms with van der Waals surface area (Å²) in [5.74, 6) is -0.554. The lowest BCUT2D eigenvalue weighted by Crippen LogP contribution is -2.18. The molecule has 0 radical (unpaired) electrons. The van der Waals surface area contributed by atoms with Crippen LogP contribution in [0.5, 0.6) is 0 Å². The van der Waals surface area contributed by atoms with E-state index in [1.807, 2.05) is 38.1 Å². The predicted molar refractivity (Wildman–Crippen MR) is 106 cm³/mol. The van der Waals surface area contributed by atoms with Crippen LogP contribution in [-0.2, 0) is 20.4 Å². The molecule has 1 N–H and O–H groups in total. The van der Waals surface area contributed by atoms with Crippen LogP contribution in [0.25, 0.3) is 11.5 Å². The molecule has 2 aromatic carbocycles. The zero-order valence-corrected chi connectivity index (χ0v) is 16.5. The molecule has 0 aliphatic rings. The van der Waals surface area contributed by atoms with E-state index in [4.69, 9.17) is 4.42 Å². The van der Waals surface area contributed by atoms with Gasteiger partial charge in [-0.2, -0.15) is 0 Å². The standard InChI is InChI=1S/C20H21N3O4S/c1-14-8-9-17(15(2)12-14)19-22-23-20(27-19)21-18(24)10-11-28(25,26)13-16-6-4-3-5-7-16/h3-9,12H,10-11,13H2,1-2H3,(H,21,23,24). The zero-order chi connectivity index (χ0) is 20.1. The van der Waals surface area contributed by atoms with E-state index in [1.54, 1.807) is 24.3 Å². The molecule has 0 spiro atoms. The molecule has 0 unspecified atom stereocenters. The number of carbonyl (C=O) groups excluding carboxylic acids is 1. The van der Waals surface area contributed by atoms with Gasteiger partial charge in [-0.3, -0.25) is 10.1 Å². The molecule has 146 valence electrons. The average molecular weight is 399 g/mol. The number of hydrogen-bond donors (Lipinski definition) is 1. The van der Waals surface area contributed by atoms with Crippen molar-refractivity contribution in [1.82, 2.24) is 10.2 Å². The van der Waals surface area contributed by atoms with Crippen LogP contribution in [-0.4, -0.2) is 30.3 Å². The molecule has 0 saturated heterocycles. The van der Waals surface area contributed by atoms with Gasteiger partial charge in [0.05, 0.1) is 11.5 Å². The molecular weight excluding hydrogens is 378 g/mol. The summed E-state index contributed by atoms with van der Waals surface area (Å²) in [6.45, 7) is 3.92. The quantitative estimate of drug-likeness (QED) is 0.654. The van der Waals surface area contributed by atoms with Crippen molar-refractivity contribution in [1.29, 1.82) is 0 Å². The van der Waals surface area contributed by atoms with Crippen molar-refractivity contribution in [2.24, 2.45) is 0 Å². The van der Waals surface area contributed by atoms with Crippen LogP contribution in [0.15, 0.2) is 52.9 Å². The lowest BCUT2D eigenvalue weighted by atomic mass is 10.1. The van der Waals surface area contributed by atoms with Crippen LogP contribution in [0.3, 0.4) is 0 Å². The van der Waals surface area contributed by atoms with Gasteiger partial charge in [-0.1, -0.05) is 53.1 Å². The Morgan fingerprint density at radius 1 is 1.07 bits per heavy atom. The number of aryl methyl sites for hydroxylation is 2. The first kappa shape index (κ1) is 19.8. The first-order valence-electron chi connectivity index (χ1n) is 8.78. The van der Waals surface area contributed by atoms with Crippen molar-refractivity contribution in [3.05, 3.63) is 65.2 Å². The Labute approximate surface area is 163 Å². The topological polar surface area (TPSA) is 102 Å². The largest absolute Gasteiger partial charge is 0.403 e. The van der Waals surface area contributed by atoms with Crippen molar-refractivity contribution in [3.63, 3.8) is 0 Å². The van der Waals surface area contributed by atoms with Gasteiger partial charge < -0.3 is 4.42 Å². The summed E-state index contributed by atoms with van der Waals surface area (Å²) in [4.78, 5) is 12.1. The lowest BCUT2D eigenvalue weighted by Gasteiger charge is -2.04. The summed E-state index contributed by atoms with van der Waals surface area (Å²) >= 11 is 0. The normalized spacial score (nSPS) is 11.4. The Hall–Kier alpha value is -3.00. The number of rotatable bonds is 7. The van der Waals surface area contributed by atoms with Crippen LogP contribution in [0.4, 0.5) is 6.01 Å². The lowest BCUT2D eigenvalue weighted by molar-refractivity contribution is -0.115. The van der Waals surface area contributed by atoms with E-state index in [0.29, 0.717) is 11.5 Å². The Kier molecular flexibility index (Phi) is 5.89. The minimum atomic E-state index is -3.40. The summed E-state index contributed by atoms with van der Waals surface area (Å²) in [5.41, 5.74) is 3.57. The van der Waals surface area contributed by atoms with E-state index in [9.17, 15) is 13.2 Å². The highest BCUT2D eigenvalue weighted by Gasteiger charge is 2.17. The second-order valence-corrected chi connectivity index (χ2v) is 8.79. The highest BCUT2D eigenvalue weighted by molar-refractivity contribution is 7.90. The number of hydrogen-bond acceptors (Lipinski definition) is 6. The highest BCUT2D eigenvalue weighted by atomic mass is 32.2. The Morgan fingerprint density at radius 2 is 1.82 bits per heavy atom. The van der Waals surface area contributed by atoms with Gasteiger partial charge in [-0.05, 0) is 31.0 Å². The third kappa shape index (κ3) is 5.26. The molecular formula is C20H21N3O4S. The molecule has 1 amide bonds. The molecule has 1 heterocycles. The van der Waals surface area contributed by atoms with Crippen molar-refractivity contribution < 1.29 is 17.6 Å². The molecule has 0 aliphatic heterocycles. The van der Waals surface area contributed by atoms with Crippen LogP contribution in [0.2, 0.25) is 0 Å². The molecule has 8 heteroatoms. The number of nitrogens with one attached hydrogen (secondary N) is 1. The fourth-order valence-corrected chi connectivity index (χ4v) is 4.11. The monoisotopic (exact) mass is 399 g/mol. The van der Waals surface area contributed by atoms with Gasteiger partial charge in [-0.25, -0.2) is 8.42 Å². The van der Waals surface area contributed by atoms with Crippen LogP contribution in [0, 0.1) is 13.8 Å². The van der Waals surface area contributed by atoms with Gasteiger partial charge in [0, 0.05) is 12.0 Å². The van der Waals surface area contributed by atoms with Crippen LogP contribution >= 0.6 is 0 Å². The number of aromatic nitrogens is 2. The Balaban J connectivity index is 1.57. The summed E-state index contributed by atoms with van der Waals surface area (Å²) in [5, 5.41) is 10.2. The minimum absolute atomic E-state index is 0.0552. The van der Waals surface area contributed by atoms with Gasteiger partial charge in [0.1, 0.15) is 0 Å². The first-order valence-corrected chi connectivity index (χ1v) is 10.6. The zero-order valence-electron chi connectivity index (χ0n) is 15.7. The Bertz CT molecular complexity index is 1080. The maximum atomic E-state index is 12.2. The van der Waals surface area contributed by atoms with Crippen molar-refractivity contribution in [3.8, 4) is 11.5 Å². The molecule has 3 aromatic rings. The Morgan fingerprint density at radius 3 is 2.54 bits per heavy atom. The van der Waals surface area contributed by atoms with Crippen LogP contribution < -0.4 is 5.32 Å². The molecule has 0 saturated carbocycles. The van der Waals surface area contributed by atoms with E-state index >= 15 is 0 Å². The fraction of sp³-hybridized carbons (Fsp3) is 0.250. The summed E-state index contributed by atoms with van der Waals surface area (Å²) in [6.07, 6.45) is -0.184. The second kappa shape index (κ2) is 8.35. The average Bonchev–Trinajstić information content (AvgIpc) is 3.09. The van der Waals surface area contributed by atoms with E-state index in [-0.39, 0.29) is 23.9 Å². The van der Waals surface area contributed by atoms with E-state index in [2.05, 4.69) is 15.5 Å². The van der Waals surface area contributed by atoms with Crippen LogP contribution in [0.1, 0.15) is 23.1 Å². The predicted octanol–water partition coefficient (Wildman–Crippen LogP) is 3.30. The van der Waals surface area contributed by atoms with Gasteiger partial charge in [-0.15, -0.1) is 5.10 Å². The molecule has 28 heavy (non-hydrogen) atoms. The van der Waals surface area contributed by atoms with E-state index < -0.39 is 15.7 Å². The third-order valence-electron chi connectivity index (χ3n) is 4.15. The van der Waals surface area contributed by atoms with Crippen molar-refractivity contribution in [2.75, 3.05) is 11.1 Å². The number of sulfone groups is 1. The van der Waals surface area contributed by atoms with Gasteiger partial charge >= 0.3 is 6.01 Å².